The Morgan fingerprint density at radius 3 is 2.06 bits per heavy atom. The van der Waals surface area contributed by atoms with Crippen LogP contribution in [-0.4, -0.2) is 18.9 Å². The van der Waals surface area contributed by atoms with Crippen LogP contribution in [0.5, 0.6) is 0 Å². The molecule has 0 atom stereocenters. The fourth-order valence-electron chi connectivity index (χ4n) is 1.64. The van der Waals surface area contributed by atoms with Gasteiger partial charge in [0.25, 0.3) is 0 Å². The van der Waals surface area contributed by atoms with Crippen LogP contribution in [0.25, 0.3) is 0 Å². The van der Waals surface area contributed by atoms with E-state index in [1.807, 2.05) is 6.92 Å². The van der Waals surface area contributed by atoms with Gasteiger partial charge in [0.05, 0.1) is 12.7 Å². The van der Waals surface area contributed by atoms with E-state index in [0.29, 0.717) is 11.1 Å². The maximum Gasteiger partial charge on any atom is 0.337 e. The van der Waals surface area contributed by atoms with Crippen molar-refractivity contribution in [1.29, 1.82) is 0 Å². The highest BCUT2D eigenvalue weighted by Gasteiger charge is 2.44. The number of carbonyl (C=O) groups excluding carboxylic acids is 2. The number of carbonyl (C=O) groups is 2. The molecule has 0 saturated heterocycles. The molecule has 1 fully saturated rings. The van der Waals surface area contributed by atoms with Gasteiger partial charge in [-0.05, 0) is 25.0 Å². The lowest BCUT2D eigenvalue weighted by molar-refractivity contribution is 0.0600. The van der Waals surface area contributed by atoms with Crippen molar-refractivity contribution < 1.29 is 14.3 Å². The van der Waals surface area contributed by atoms with Gasteiger partial charge < -0.3 is 4.74 Å². The summed E-state index contributed by atoms with van der Waals surface area (Å²) in [5.74, 6) is -0.208. The predicted octanol–water partition coefficient (Wildman–Crippen LogP) is 2.46. The van der Waals surface area contributed by atoms with E-state index in [4.69, 9.17) is 0 Å². The van der Waals surface area contributed by atoms with Gasteiger partial charge in [0.2, 0.25) is 0 Å². The van der Waals surface area contributed by atoms with E-state index >= 15 is 0 Å². The molecule has 1 aromatic rings. The summed E-state index contributed by atoms with van der Waals surface area (Å²) in [6, 6.07) is 6.64. The fourth-order valence-corrected chi connectivity index (χ4v) is 1.64. The van der Waals surface area contributed by atoms with Gasteiger partial charge in [-0.3, -0.25) is 4.79 Å². The van der Waals surface area contributed by atoms with Gasteiger partial charge in [-0.1, -0.05) is 19.1 Å². The molecule has 0 radical (unpaired) electrons. The lowest BCUT2D eigenvalue weighted by Gasteiger charge is -2.07. The van der Waals surface area contributed by atoms with Gasteiger partial charge in [0.1, 0.15) is 0 Å². The van der Waals surface area contributed by atoms with Gasteiger partial charge >= 0.3 is 5.97 Å². The number of ketones is 1. The largest absolute Gasteiger partial charge is 0.465 e. The van der Waals surface area contributed by atoms with E-state index in [9.17, 15) is 9.59 Å². The molecule has 84 valence electrons. The molecule has 2 rings (SSSR count). The quantitative estimate of drug-likeness (QED) is 0.578. The van der Waals surface area contributed by atoms with Gasteiger partial charge in [0, 0.05) is 11.0 Å². The molecule has 1 aliphatic rings. The molecule has 16 heavy (non-hydrogen) atoms. The zero-order valence-electron chi connectivity index (χ0n) is 9.45. The van der Waals surface area contributed by atoms with Crippen LogP contribution in [0.1, 0.15) is 40.5 Å². The number of benzene rings is 1. The van der Waals surface area contributed by atoms with Crippen molar-refractivity contribution in [2.45, 2.75) is 19.8 Å². The Morgan fingerprint density at radius 2 is 1.62 bits per heavy atom. The Kier molecular flexibility index (Phi) is 2.54. The summed E-state index contributed by atoms with van der Waals surface area (Å²) in [6.45, 7) is 1.98. The third-order valence-corrected chi connectivity index (χ3v) is 3.12. The van der Waals surface area contributed by atoms with Crippen LogP contribution < -0.4 is 0 Å². The van der Waals surface area contributed by atoms with Crippen LogP contribution in [0.4, 0.5) is 0 Å². The molecule has 0 aromatic heterocycles. The minimum Gasteiger partial charge on any atom is -0.465 e. The SMILES string of the molecule is COC(=O)c1ccc(C(=O)C2(C)CC2)cc1. The molecule has 1 aromatic carbocycles. The second-order valence-corrected chi connectivity index (χ2v) is 4.46. The molecule has 0 unspecified atom stereocenters. The van der Waals surface area contributed by atoms with Crippen LogP contribution >= 0.6 is 0 Å². The maximum absolute atomic E-state index is 12.0. The van der Waals surface area contributed by atoms with Gasteiger partial charge in [-0.15, -0.1) is 0 Å². The summed E-state index contributed by atoms with van der Waals surface area (Å²) in [4.78, 5) is 23.2. The lowest BCUT2D eigenvalue weighted by atomic mass is 9.96. The van der Waals surface area contributed by atoms with Crippen LogP contribution in [0, 0.1) is 5.41 Å². The zero-order chi connectivity index (χ0) is 11.8. The summed E-state index contributed by atoms with van der Waals surface area (Å²) in [7, 11) is 1.34. The Morgan fingerprint density at radius 1 is 1.12 bits per heavy atom. The van der Waals surface area contributed by atoms with Crippen LogP contribution in [0.3, 0.4) is 0 Å². The van der Waals surface area contributed by atoms with E-state index in [2.05, 4.69) is 4.74 Å². The van der Waals surface area contributed by atoms with Crippen molar-refractivity contribution >= 4 is 11.8 Å². The number of Topliss-reactive ketones (excluding diaryl/α,β-unsaturated/α-hetero) is 1. The minimum atomic E-state index is -0.378. The highest BCUT2D eigenvalue weighted by atomic mass is 16.5. The number of hydrogen-bond acceptors (Lipinski definition) is 3. The topological polar surface area (TPSA) is 43.4 Å². The molecule has 1 saturated carbocycles. The number of methoxy groups -OCH3 is 1. The number of ether oxygens (including phenoxy) is 1. The third kappa shape index (κ3) is 1.85. The minimum absolute atomic E-state index is 0.160. The number of hydrogen-bond donors (Lipinski definition) is 0. The Bertz CT molecular complexity index is 427. The fraction of sp³-hybridized carbons (Fsp3) is 0.385. The second kappa shape index (κ2) is 3.74. The summed E-state index contributed by atoms with van der Waals surface area (Å²) in [6.07, 6.45) is 1.93. The molecule has 0 heterocycles. The molecular formula is C13H14O3. The molecule has 0 bridgehead atoms. The number of esters is 1. The van der Waals surface area contributed by atoms with Crippen LogP contribution in [0.2, 0.25) is 0 Å². The first-order chi connectivity index (χ1) is 7.57. The van der Waals surface area contributed by atoms with Gasteiger partial charge in [-0.2, -0.15) is 0 Å². The molecule has 0 N–H and O–H groups in total. The Hall–Kier alpha value is -1.64. The monoisotopic (exact) mass is 218 g/mol. The van der Waals surface area contributed by atoms with E-state index in [1.165, 1.54) is 7.11 Å². The lowest BCUT2D eigenvalue weighted by Crippen LogP contribution is -2.12. The molecule has 0 spiro atoms. The van der Waals surface area contributed by atoms with E-state index in [1.54, 1.807) is 24.3 Å². The maximum atomic E-state index is 12.0. The second-order valence-electron chi connectivity index (χ2n) is 4.46. The average Bonchev–Trinajstić information content (AvgIpc) is 3.07. The zero-order valence-corrected chi connectivity index (χ0v) is 9.45. The number of rotatable bonds is 3. The first-order valence-corrected chi connectivity index (χ1v) is 5.30. The summed E-state index contributed by atoms with van der Waals surface area (Å²) < 4.78 is 4.59. The highest BCUT2D eigenvalue weighted by Crippen LogP contribution is 2.47. The third-order valence-electron chi connectivity index (χ3n) is 3.12. The van der Waals surface area contributed by atoms with E-state index in [0.717, 1.165) is 12.8 Å². The summed E-state index contributed by atoms with van der Waals surface area (Å²) in [5.41, 5.74) is 0.986. The molecule has 3 heteroatoms. The average molecular weight is 218 g/mol. The van der Waals surface area contributed by atoms with Crippen LogP contribution in [0.15, 0.2) is 24.3 Å². The molecular weight excluding hydrogens is 204 g/mol. The standard InChI is InChI=1S/C13H14O3/c1-13(7-8-13)11(14)9-3-5-10(6-4-9)12(15)16-2/h3-6H,7-8H2,1-2H3. The Balaban J connectivity index is 2.19. The van der Waals surface area contributed by atoms with Crippen molar-refractivity contribution in [3.05, 3.63) is 35.4 Å². The normalized spacial score (nSPS) is 16.6. The van der Waals surface area contributed by atoms with Crippen molar-refractivity contribution in [1.82, 2.24) is 0 Å². The van der Waals surface area contributed by atoms with Crippen molar-refractivity contribution in [2.75, 3.05) is 7.11 Å². The first kappa shape index (κ1) is 10.9. The smallest absolute Gasteiger partial charge is 0.337 e. The van der Waals surface area contributed by atoms with Crippen molar-refractivity contribution in [3.63, 3.8) is 0 Å². The summed E-state index contributed by atoms with van der Waals surface area (Å²) >= 11 is 0. The van der Waals surface area contributed by atoms with E-state index < -0.39 is 0 Å². The van der Waals surface area contributed by atoms with Crippen molar-refractivity contribution in [3.8, 4) is 0 Å². The molecule has 1 aliphatic carbocycles. The molecule has 3 nitrogen and oxygen atoms in total. The molecule has 0 amide bonds. The first-order valence-electron chi connectivity index (χ1n) is 5.30. The molecule has 0 aliphatic heterocycles. The van der Waals surface area contributed by atoms with E-state index in [-0.39, 0.29) is 17.2 Å². The van der Waals surface area contributed by atoms with Gasteiger partial charge in [0.15, 0.2) is 5.78 Å². The summed E-state index contributed by atoms with van der Waals surface area (Å²) in [5, 5.41) is 0. The predicted molar refractivity (Wildman–Crippen MR) is 59.5 cm³/mol. The van der Waals surface area contributed by atoms with Gasteiger partial charge in [-0.25, -0.2) is 4.79 Å². The van der Waals surface area contributed by atoms with Crippen molar-refractivity contribution in [2.24, 2.45) is 5.41 Å². The van der Waals surface area contributed by atoms with Crippen LogP contribution in [-0.2, 0) is 4.74 Å². The highest BCUT2D eigenvalue weighted by molar-refractivity contribution is 6.02. The Labute approximate surface area is 94.4 Å².